The second-order valence-electron chi connectivity index (χ2n) is 4.42. The molecule has 2 aromatic carbocycles. The normalized spacial score (nSPS) is 10.6. The summed E-state index contributed by atoms with van der Waals surface area (Å²) in [6.07, 6.45) is -4.47. The quantitative estimate of drug-likeness (QED) is 0.881. The zero-order valence-electron chi connectivity index (χ0n) is 11.4. The average Bonchev–Trinajstić information content (AvgIpc) is 2.46. The number of carboxylic acids is 1. The van der Waals surface area contributed by atoms with Gasteiger partial charge in [0.15, 0.2) is 0 Å². The molecule has 4 nitrogen and oxygen atoms in total. The Hall–Kier alpha value is -2.54. The number of amides is 1. The van der Waals surface area contributed by atoms with E-state index in [0.29, 0.717) is 0 Å². The van der Waals surface area contributed by atoms with Gasteiger partial charge in [-0.1, -0.05) is 6.07 Å². The number of alkyl halides is 3. The molecule has 2 aromatic rings. The van der Waals surface area contributed by atoms with Crippen LogP contribution in [0, 0.1) is 0 Å². The average molecular weight is 346 g/mol. The highest BCUT2D eigenvalue weighted by atomic mass is 35.5. The molecule has 0 aromatic heterocycles. The molecule has 2 N–H and O–H groups in total. The number of carbonyl (C=O) groups excluding carboxylic acids is 1. The van der Waals surface area contributed by atoms with Crippen LogP contribution in [-0.4, -0.2) is 17.0 Å². The molecule has 2 rings (SSSR count). The van der Waals surface area contributed by atoms with Crippen molar-refractivity contribution in [2.45, 2.75) is 6.18 Å². The Balaban J connectivity index is 0.00000264. The third-order valence-corrected chi connectivity index (χ3v) is 2.84. The summed E-state index contributed by atoms with van der Waals surface area (Å²) in [6, 6.07) is 9.27. The number of anilines is 1. The number of halogens is 4. The fourth-order valence-corrected chi connectivity index (χ4v) is 1.74. The van der Waals surface area contributed by atoms with Gasteiger partial charge in [0.05, 0.1) is 11.1 Å². The van der Waals surface area contributed by atoms with Crippen LogP contribution >= 0.6 is 12.4 Å². The Kier molecular flexibility index (Phi) is 5.75. The van der Waals surface area contributed by atoms with Crippen LogP contribution in [0.5, 0.6) is 0 Å². The van der Waals surface area contributed by atoms with Crippen molar-refractivity contribution >= 4 is 30.0 Å². The first-order valence-electron chi connectivity index (χ1n) is 6.09. The van der Waals surface area contributed by atoms with Gasteiger partial charge in [0.25, 0.3) is 5.91 Å². The second kappa shape index (κ2) is 7.15. The zero-order chi connectivity index (χ0) is 16.3. The molecular weight excluding hydrogens is 335 g/mol. The summed E-state index contributed by atoms with van der Waals surface area (Å²) in [6.45, 7) is 0. The summed E-state index contributed by atoms with van der Waals surface area (Å²) in [5.74, 6) is -1.78. The number of hydrogen-bond acceptors (Lipinski definition) is 2. The zero-order valence-corrected chi connectivity index (χ0v) is 12.2. The molecule has 23 heavy (non-hydrogen) atoms. The van der Waals surface area contributed by atoms with Crippen LogP contribution in [0.4, 0.5) is 18.9 Å². The van der Waals surface area contributed by atoms with Crippen LogP contribution in [0.15, 0.2) is 48.5 Å². The van der Waals surface area contributed by atoms with Gasteiger partial charge in [-0.25, -0.2) is 4.79 Å². The SMILES string of the molecule is Cl.O=C(O)c1cccc(NC(=O)c2ccc(C(F)(F)F)cc2)c1. The Morgan fingerprint density at radius 2 is 1.57 bits per heavy atom. The van der Waals surface area contributed by atoms with E-state index in [1.165, 1.54) is 24.3 Å². The van der Waals surface area contributed by atoms with Crippen LogP contribution in [0.25, 0.3) is 0 Å². The lowest BCUT2D eigenvalue weighted by Crippen LogP contribution is -2.13. The topological polar surface area (TPSA) is 66.4 Å². The van der Waals surface area contributed by atoms with Crippen LogP contribution in [-0.2, 0) is 6.18 Å². The molecular formula is C15H11ClF3NO3. The minimum atomic E-state index is -4.47. The lowest BCUT2D eigenvalue weighted by molar-refractivity contribution is -0.137. The molecule has 0 aliphatic carbocycles. The largest absolute Gasteiger partial charge is 0.478 e. The third-order valence-electron chi connectivity index (χ3n) is 2.84. The van der Waals surface area contributed by atoms with Crippen molar-refractivity contribution in [1.82, 2.24) is 0 Å². The van der Waals surface area contributed by atoms with E-state index in [1.807, 2.05) is 0 Å². The van der Waals surface area contributed by atoms with Crippen LogP contribution in [0.3, 0.4) is 0 Å². The molecule has 122 valence electrons. The highest BCUT2D eigenvalue weighted by Crippen LogP contribution is 2.29. The van der Waals surface area contributed by atoms with Gasteiger partial charge in [0, 0.05) is 11.3 Å². The molecule has 0 saturated heterocycles. The number of benzene rings is 2. The molecule has 0 radical (unpaired) electrons. The minimum Gasteiger partial charge on any atom is -0.478 e. The summed E-state index contributed by atoms with van der Waals surface area (Å²) >= 11 is 0. The third kappa shape index (κ3) is 4.72. The molecule has 1 amide bonds. The summed E-state index contributed by atoms with van der Waals surface area (Å²) < 4.78 is 37.3. The number of hydrogen-bond donors (Lipinski definition) is 2. The molecule has 0 atom stereocenters. The first kappa shape index (κ1) is 18.5. The summed E-state index contributed by atoms with van der Waals surface area (Å²) in [4.78, 5) is 22.7. The van der Waals surface area contributed by atoms with Crippen LogP contribution < -0.4 is 5.32 Å². The highest BCUT2D eigenvalue weighted by Gasteiger charge is 2.30. The van der Waals surface area contributed by atoms with E-state index in [1.54, 1.807) is 0 Å². The summed E-state index contributed by atoms with van der Waals surface area (Å²) in [5, 5.41) is 11.3. The maximum absolute atomic E-state index is 12.4. The number of rotatable bonds is 3. The van der Waals surface area contributed by atoms with Crippen molar-refractivity contribution in [3.63, 3.8) is 0 Å². The van der Waals surface area contributed by atoms with Crippen molar-refractivity contribution in [3.8, 4) is 0 Å². The van der Waals surface area contributed by atoms with E-state index in [2.05, 4.69) is 5.32 Å². The van der Waals surface area contributed by atoms with Gasteiger partial charge in [-0.2, -0.15) is 13.2 Å². The summed E-state index contributed by atoms with van der Waals surface area (Å²) in [7, 11) is 0. The van der Waals surface area contributed by atoms with Crippen LogP contribution in [0.2, 0.25) is 0 Å². The molecule has 8 heteroatoms. The smallest absolute Gasteiger partial charge is 0.416 e. The van der Waals surface area contributed by atoms with Gasteiger partial charge in [-0.15, -0.1) is 12.4 Å². The molecule has 0 aliphatic heterocycles. The van der Waals surface area contributed by atoms with Crippen LogP contribution in [0.1, 0.15) is 26.3 Å². The van der Waals surface area contributed by atoms with Gasteiger partial charge in [0.2, 0.25) is 0 Å². The Morgan fingerprint density at radius 1 is 0.957 bits per heavy atom. The maximum atomic E-state index is 12.4. The molecule has 0 fully saturated rings. The van der Waals surface area contributed by atoms with Gasteiger partial charge in [-0.05, 0) is 42.5 Å². The van der Waals surface area contributed by atoms with Crippen molar-refractivity contribution < 1.29 is 27.9 Å². The molecule has 0 saturated carbocycles. The molecule has 0 unspecified atom stereocenters. The van der Waals surface area contributed by atoms with Gasteiger partial charge < -0.3 is 10.4 Å². The summed E-state index contributed by atoms with van der Waals surface area (Å²) in [5.41, 5.74) is -0.583. The van der Waals surface area contributed by atoms with E-state index >= 15 is 0 Å². The standard InChI is InChI=1S/C15H10F3NO3.ClH/c16-15(17,18)11-6-4-9(5-7-11)13(20)19-12-3-1-2-10(8-12)14(21)22;/h1-8H,(H,19,20)(H,21,22);1H. The predicted octanol–water partition coefficient (Wildman–Crippen LogP) is 4.08. The molecule has 0 aliphatic rings. The Bertz CT molecular complexity index is 715. The predicted molar refractivity (Wildman–Crippen MR) is 80.0 cm³/mol. The first-order valence-corrected chi connectivity index (χ1v) is 6.09. The van der Waals surface area contributed by atoms with Gasteiger partial charge >= 0.3 is 12.1 Å². The minimum absolute atomic E-state index is 0. The first-order chi connectivity index (χ1) is 10.3. The van der Waals surface area contributed by atoms with E-state index in [4.69, 9.17) is 5.11 Å². The lowest BCUT2D eigenvalue weighted by Gasteiger charge is -2.08. The Labute approximate surface area is 135 Å². The molecule has 0 spiro atoms. The fourth-order valence-electron chi connectivity index (χ4n) is 1.74. The Morgan fingerprint density at radius 3 is 2.09 bits per heavy atom. The molecule has 0 heterocycles. The number of nitrogens with one attached hydrogen (secondary N) is 1. The van der Waals surface area contributed by atoms with Gasteiger partial charge in [-0.3, -0.25) is 4.79 Å². The van der Waals surface area contributed by atoms with Crippen molar-refractivity contribution in [3.05, 3.63) is 65.2 Å². The number of aromatic carboxylic acids is 1. The van der Waals surface area contributed by atoms with Crippen molar-refractivity contribution in [1.29, 1.82) is 0 Å². The highest BCUT2D eigenvalue weighted by molar-refractivity contribution is 6.04. The molecule has 0 bridgehead atoms. The fraction of sp³-hybridized carbons (Fsp3) is 0.0667. The van der Waals surface area contributed by atoms with E-state index < -0.39 is 23.6 Å². The van der Waals surface area contributed by atoms with E-state index in [9.17, 15) is 22.8 Å². The van der Waals surface area contributed by atoms with E-state index in [-0.39, 0.29) is 29.2 Å². The van der Waals surface area contributed by atoms with Crippen molar-refractivity contribution in [2.75, 3.05) is 5.32 Å². The van der Waals surface area contributed by atoms with Crippen molar-refractivity contribution in [2.24, 2.45) is 0 Å². The number of carboxylic acid groups (broad SMARTS) is 1. The van der Waals surface area contributed by atoms with Gasteiger partial charge in [0.1, 0.15) is 0 Å². The lowest BCUT2D eigenvalue weighted by atomic mass is 10.1. The number of carbonyl (C=O) groups is 2. The van der Waals surface area contributed by atoms with E-state index in [0.717, 1.165) is 24.3 Å². The monoisotopic (exact) mass is 345 g/mol. The maximum Gasteiger partial charge on any atom is 0.416 e. The second-order valence-corrected chi connectivity index (χ2v) is 4.42.